The lowest BCUT2D eigenvalue weighted by molar-refractivity contribution is -0.116. The highest BCUT2D eigenvalue weighted by molar-refractivity contribution is 7.92. The van der Waals surface area contributed by atoms with Crippen LogP contribution in [-0.2, 0) is 14.8 Å². The van der Waals surface area contributed by atoms with Crippen LogP contribution in [0.2, 0.25) is 10.0 Å². The minimum Gasteiger partial charge on any atom is -0.360 e. The maximum Gasteiger partial charge on any atom is 0.232 e. The molecule has 2 aromatic rings. The van der Waals surface area contributed by atoms with Gasteiger partial charge in [-0.25, -0.2) is 8.42 Å². The summed E-state index contributed by atoms with van der Waals surface area (Å²) >= 11 is 12.1. The third-order valence-electron chi connectivity index (χ3n) is 3.02. The second-order valence-corrected chi connectivity index (χ2v) is 7.75. The normalized spacial score (nSPS) is 11.3. The summed E-state index contributed by atoms with van der Waals surface area (Å²) in [7, 11) is -3.68. The lowest BCUT2D eigenvalue weighted by Crippen LogP contribution is -2.33. The van der Waals surface area contributed by atoms with Crippen LogP contribution in [0.1, 0.15) is 12.2 Å². The molecule has 1 heterocycles. The SMILES string of the molecule is Cc1cc(NC(=O)CCN(c2c(Cl)cccc2Cl)S(C)(=O)=O)no1. The number of nitrogens with zero attached hydrogens (tertiary/aromatic N) is 2. The summed E-state index contributed by atoms with van der Waals surface area (Å²) in [5.41, 5.74) is 0.147. The molecule has 1 N–H and O–H groups in total. The van der Waals surface area contributed by atoms with E-state index in [1.54, 1.807) is 19.1 Å². The van der Waals surface area contributed by atoms with Crippen LogP contribution in [0, 0.1) is 6.92 Å². The Bertz CT molecular complexity index is 831. The van der Waals surface area contributed by atoms with Crippen molar-refractivity contribution in [1.82, 2.24) is 5.16 Å². The first-order chi connectivity index (χ1) is 11.2. The van der Waals surface area contributed by atoms with E-state index in [0.29, 0.717) is 5.76 Å². The van der Waals surface area contributed by atoms with Crippen LogP contribution in [0.4, 0.5) is 11.5 Å². The lowest BCUT2D eigenvalue weighted by Gasteiger charge is -2.24. The van der Waals surface area contributed by atoms with Gasteiger partial charge in [-0.1, -0.05) is 34.4 Å². The first-order valence-electron chi connectivity index (χ1n) is 6.83. The molecule has 0 aliphatic heterocycles. The van der Waals surface area contributed by atoms with Crippen LogP contribution >= 0.6 is 23.2 Å². The van der Waals surface area contributed by atoms with Gasteiger partial charge in [0, 0.05) is 19.0 Å². The molecule has 0 saturated carbocycles. The van der Waals surface area contributed by atoms with Gasteiger partial charge in [0.05, 0.1) is 22.0 Å². The molecule has 0 unspecified atom stereocenters. The largest absolute Gasteiger partial charge is 0.360 e. The number of sulfonamides is 1. The molecule has 7 nitrogen and oxygen atoms in total. The molecule has 1 amide bonds. The second-order valence-electron chi connectivity index (χ2n) is 5.03. The number of rotatable bonds is 6. The van der Waals surface area contributed by atoms with Gasteiger partial charge in [-0.15, -0.1) is 0 Å². The third-order valence-corrected chi connectivity index (χ3v) is 4.80. The smallest absolute Gasteiger partial charge is 0.232 e. The van der Waals surface area contributed by atoms with Gasteiger partial charge < -0.3 is 9.84 Å². The van der Waals surface area contributed by atoms with Gasteiger partial charge in [0.2, 0.25) is 15.9 Å². The zero-order chi connectivity index (χ0) is 17.9. The van der Waals surface area contributed by atoms with Crippen molar-refractivity contribution >= 4 is 50.6 Å². The van der Waals surface area contributed by atoms with Gasteiger partial charge in [-0.3, -0.25) is 9.10 Å². The number of carbonyl (C=O) groups is 1. The monoisotopic (exact) mass is 391 g/mol. The van der Waals surface area contributed by atoms with Gasteiger partial charge >= 0.3 is 0 Å². The average molecular weight is 392 g/mol. The van der Waals surface area contributed by atoms with Crippen LogP contribution in [-0.4, -0.2) is 32.3 Å². The van der Waals surface area contributed by atoms with Crippen LogP contribution in [0.5, 0.6) is 0 Å². The number of anilines is 2. The number of para-hydroxylation sites is 1. The van der Waals surface area contributed by atoms with E-state index in [0.717, 1.165) is 10.6 Å². The maximum atomic E-state index is 12.1. The van der Waals surface area contributed by atoms with Crippen molar-refractivity contribution in [1.29, 1.82) is 0 Å². The Labute approximate surface area is 149 Å². The number of amides is 1. The van der Waals surface area contributed by atoms with Gasteiger partial charge in [0.15, 0.2) is 5.82 Å². The number of hydrogen-bond donors (Lipinski definition) is 1. The quantitative estimate of drug-likeness (QED) is 0.816. The van der Waals surface area contributed by atoms with E-state index < -0.39 is 15.9 Å². The molecular formula is C14H15Cl2N3O4S. The van der Waals surface area contributed by atoms with Gasteiger partial charge in [0.25, 0.3) is 0 Å². The fraction of sp³-hybridized carbons (Fsp3) is 0.286. The Morgan fingerprint density at radius 3 is 2.46 bits per heavy atom. The number of nitrogens with one attached hydrogen (secondary N) is 1. The summed E-state index contributed by atoms with van der Waals surface area (Å²) in [6.07, 6.45) is 0.909. The highest BCUT2D eigenvalue weighted by atomic mass is 35.5. The standard InChI is InChI=1S/C14H15Cl2N3O4S/c1-9-8-12(18-23-9)17-13(20)6-7-19(24(2,21)22)14-10(15)4-3-5-11(14)16/h3-5,8H,6-7H2,1-2H3,(H,17,18,20). The molecule has 1 aromatic carbocycles. The predicted octanol–water partition coefficient (Wildman–Crippen LogP) is 3.08. The van der Waals surface area contributed by atoms with Gasteiger partial charge in [-0.05, 0) is 19.1 Å². The van der Waals surface area contributed by atoms with Crippen molar-refractivity contribution in [2.24, 2.45) is 0 Å². The van der Waals surface area contributed by atoms with Crippen molar-refractivity contribution in [2.45, 2.75) is 13.3 Å². The predicted molar refractivity (Wildman–Crippen MR) is 93.1 cm³/mol. The summed E-state index contributed by atoms with van der Waals surface area (Å²) in [5.74, 6) is 0.394. The molecule has 0 spiro atoms. The average Bonchev–Trinajstić information content (AvgIpc) is 2.85. The second kappa shape index (κ2) is 7.42. The zero-order valence-electron chi connectivity index (χ0n) is 12.9. The molecule has 0 bridgehead atoms. The molecule has 0 fully saturated rings. The minimum absolute atomic E-state index is 0.111. The van der Waals surface area contributed by atoms with E-state index >= 15 is 0 Å². The van der Waals surface area contributed by atoms with Crippen molar-refractivity contribution in [3.8, 4) is 0 Å². The molecule has 2 rings (SSSR count). The number of aryl methyl sites for hydroxylation is 1. The third kappa shape index (κ3) is 4.62. The molecule has 0 aliphatic rings. The topological polar surface area (TPSA) is 92.5 Å². The number of aromatic nitrogens is 1. The molecular weight excluding hydrogens is 377 g/mol. The summed E-state index contributed by atoms with van der Waals surface area (Å²) in [5, 5.41) is 6.52. The van der Waals surface area contributed by atoms with Crippen LogP contribution in [0.25, 0.3) is 0 Å². The number of hydrogen-bond acceptors (Lipinski definition) is 5. The summed E-state index contributed by atoms with van der Waals surface area (Å²) in [6, 6.07) is 6.21. The van der Waals surface area contributed by atoms with Crippen molar-refractivity contribution in [3.63, 3.8) is 0 Å². The Hall–Kier alpha value is -1.77. The van der Waals surface area contributed by atoms with E-state index in [2.05, 4.69) is 10.5 Å². The minimum atomic E-state index is -3.68. The molecule has 1 aromatic heterocycles. The molecule has 10 heteroatoms. The van der Waals surface area contributed by atoms with Crippen LogP contribution in [0.15, 0.2) is 28.8 Å². The van der Waals surface area contributed by atoms with Crippen molar-refractivity contribution in [3.05, 3.63) is 40.1 Å². The van der Waals surface area contributed by atoms with E-state index in [9.17, 15) is 13.2 Å². The van der Waals surface area contributed by atoms with Crippen LogP contribution < -0.4 is 9.62 Å². The molecule has 0 aliphatic carbocycles. The van der Waals surface area contributed by atoms with E-state index in [1.165, 1.54) is 12.1 Å². The number of halogens is 2. The molecule has 130 valence electrons. The van der Waals surface area contributed by atoms with Gasteiger partial charge in [0.1, 0.15) is 5.76 Å². The highest BCUT2D eigenvalue weighted by Crippen LogP contribution is 2.35. The first kappa shape index (κ1) is 18.6. The molecule has 0 saturated heterocycles. The molecule has 24 heavy (non-hydrogen) atoms. The molecule has 0 atom stereocenters. The van der Waals surface area contributed by atoms with Crippen molar-refractivity contribution < 1.29 is 17.7 Å². The highest BCUT2D eigenvalue weighted by Gasteiger charge is 2.23. The summed E-state index contributed by atoms with van der Waals surface area (Å²) in [6.45, 7) is 1.57. The summed E-state index contributed by atoms with van der Waals surface area (Å²) < 4.78 is 30.0. The number of carbonyl (C=O) groups excluding carboxylic acids is 1. The lowest BCUT2D eigenvalue weighted by atomic mass is 10.3. The Balaban J connectivity index is 2.15. The van der Waals surface area contributed by atoms with E-state index in [-0.39, 0.29) is 34.5 Å². The Morgan fingerprint density at radius 2 is 1.96 bits per heavy atom. The first-order valence-corrected chi connectivity index (χ1v) is 9.44. The van der Waals surface area contributed by atoms with Crippen LogP contribution in [0.3, 0.4) is 0 Å². The summed E-state index contributed by atoms with van der Waals surface area (Å²) in [4.78, 5) is 12.0. The fourth-order valence-corrected chi connectivity index (χ4v) is 3.66. The van der Waals surface area contributed by atoms with Gasteiger partial charge in [-0.2, -0.15) is 0 Å². The zero-order valence-corrected chi connectivity index (χ0v) is 15.2. The maximum absolute atomic E-state index is 12.1. The fourth-order valence-electron chi connectivity index (χ4n) is 2.00. The van der Waals surface area contributed by atoms with E-state index in [1.807, 2.05) is 0 Å². The number of benzene rings is 1. The van der Waals surface area contributed by atoms with E-state index in [4.69, 9.17) is 27.7 Å². The Kier molecular flexibility index (Phi) is 5.74. The van der Waals surface area contributed by atoms with Crippen molar-refractivity contribution in [2.75, 3.05) is 22.4 Å². The Morgan fingerprint density at radius 1 is 1.33 bits per heavy atom. The molecule has 0 radical (unpaired) electrons.